The van der Waals surface area contributed by atoms with Crippen LogP contribution in [0.3, 0.4) is 0 Å². The molecule has 0 spiro atoms. The molecule has 0 bridgehead atoms. The number of fused-ring (bicyclic) bond motifs is 4. The van der Waals surface area contributed by atoms with Gasteiger partial charge in [0, 0.05) is 24.2 Å². The van der Waals surface area contributed by atoms with Crippen LogP contribution in [-0.4, -0.2) is 34.6 Å². The van der Waals surface area contributed by atoms with E-state index < -0.39 is 47.5 Å². The van der Waals surface area contributed by atoms with E-state index in [1.807, 2.05) is 26.0 Å². The molecule has 4 aliphatic rings. The number of carbonyl (C=O) groups excluding carboxylic acids is 2. The molecule has 42 heavy (non-hydrogen) atoms. The molecule has 2 fully saturated rings. The molecule has 1 aromatic carbocycles. The highest BCUT2D eigenvalue weighted by molar-refractivity contribution is 5.93. The number of allylic oxidation sites excluding steroid dienone is 4. The minimum atomic E-state index is -5.88. The first-order chi connectivity index (χ1) is 19.5. The fourth-order valence-electron chi connectivity index (χ4n) is 8.36. The van der Waals surface area contributed by atoms with Crippen molar-refractivity contribution >= 4 is 11.8 Å². The zero-order valence-electron chi connectivity index (χ0n) is 24.5. The summed E-state index contributed by atoms with van der Waals surface area (Å²) in [6, 6.07) is 7.24. The SMILES string of the molecule is CC(C)CC(=O)O[C@@H](C)c1ccc([C@H]2C[C@@]3(C)C(CC[C@@]3(O)C(F)(F)C(F)(F)F)C3CCC4=CC(=O)CCC4=C32)cc1. The molecule has 4 aliphatic carbocycles. The van der Waals surface area contributed by atoms with Crippen molar-refractivity contribution in [3.63, 3.8) is 0 Å². The molecule has 0 amide bonds. The van der Waals surface area contributed by atoms with Gasteiger partial charge in [0.25, 0.3) is 0 Å². The van der Waals surface area contributed by atoms with E-state index in [0.29, 0.717) is 25.7 Å². The van der Waals surface area contributed by atoms with E-state index in [0.717, 1.165) is 27.8 Å². The van der Waals surface area contributed by atoms with Crippen molar-refractivity contribution in [2.24, 2.45) is 23.2 Å². The summed E-state index contributed by atoms with van der Waals surface area (Å²) in [4.78, 5) is 24.4. The minimum Gasteiger partial charge on any atom is -0.458 e. The average molecular weight is 595 g/mol. The van der Waals surface area contributed by atoms with Crippen molar-refractivity contribution in [1.82, 2.24) is 0 Å². The minimum absolute atomic E-state index is 0.0374. The molecule has 0 saturated heterocycles. The summed E-state index contributed by atoms with van der Waals surface area (Å²) in [5, 5.41) is 11.4. The summed E-state index contributed by atoms with van der Waals surface area (Å²) < 4.78 is 77.1. The fraction of sp³-hybridized carbons (Fsp3) is 0.636. The highest BCUT2D eigenvalue weighted by atomic mass is 19.4. The molecule has 2 unspecified atom stereocenters. The number of ether oxygens (including phenoxy) is 1. The predicted molar refractivity (Wildman–Crippen MR) is 147 cm³/mol. The Morgan fingerprint density at radius 2 is 1.71 bits per heavy atom. The number of ketones is 1. The summed E-state index contributed by atoms with van der Waals surface area (Å²) >= 11 is 0. The van der Waals surface area contributed by atoms with E-state index in [1.54, 1.807) is 25.1 Å². The molecule has 9 heteroatoms. The second-order valence-corrected chi connectivity index (χ2v) is 13.4. The lowest BCUT2D eigenvalue weighted by atomic mass is 9.50. The zero-order valence-corrected chi connectivity index (χ0v) is 24.5. The Morgan fingerprint density at radius 1 is 1.05 bits per heavy atom. The average Bonchev–Trinajstić information content (AvgIpc) is 3.18. The van der Waals surface area contributed by atoms with E-state index in [1.165, 1.54) is 6.92 Å². The van der Waals surface area contributed by atoms with Crippen molar-refractivity contribution in [3.05, 3.63) is 58.2 Å². The Labute approximate surface area is 243 Å². The Kier molecular flexibility index (Phi) is 7.77. The van der Waals surface area contributed by atoms with Crippen LogP contribution in [0.15, 0.2) is 47.1 Å². The Bertz CT molecular complexity index is 1310. The maximum atomic E-state index is 15.2. The van der Waals surface area contributed by atoms with Gasteiger partial charge in [-0.05, 0) is 91.6 Å². The molecular formula is C33H39F5O4. The Morgan fingerprint density at radius 3 is 2.33 bits per heavy atom. The number of hydrogen-bond donors (Lipinski definition) is 1. The first kappa shape index (κ1) is 30.9. The van der Waals surface area contributed by atoms with Gasteiger partial charge in [0.05, 0.1) is 0 Å². The molecule has 2 saturated carbocycles. The van der Waals surface area contributed by atoms with Gasteiger partial charge in [-0.3, -0.25) is 9.59 Å². The monoisotopic (exact) mass is 594 g/mol. The molecule has 4 nitrogen and oxygen atoms in total. The topological polar surface area (TPSA) is 63.6 Å². The largest absolute Gasteiger partial charge is 0.458 e. The molecule has 0 heterocycles. The van der Waals surface area contributed by atoms with Crippen LogP contribution in [0.5, 0.6) is 0 Å². The third kappa shape index (κ3) is 4.83. The standard InChI is InChI=1S/C33H39F5O4/c1-18(2)15-28(40)42-19(3)20-5-7-21(8-6-20)26-17-30(4)27(13-14-31(30,41)32(34,35)33(36,37)38)25-11-9-22-16-23(39)10-12-24(22)29(25)26/h5-8,16,18-19,25-27,41H,9-15,17H2,1-4H3/t19-,25?,26+,27?,30-,31-/m0/s1. The number of halogens is 5. The van der Waals surface area contributed by atoms with Crippen LogP contribution in [0.25, 0.3) is 0 Å². The van der Waals surface area contributed by atoms with Gasteiger partial charge >= 0.3 is 18.1 Å². The normalized spacial score (nSPS) is 32.2. The van der Waals surface area contributed by atoms with Crippen molar-refractivity contribution in [1.29, 1.82) is 0 Å². The maximum absolute atomic E-state index is 15.2. The third-order valence-electron chi connectivity index (χ3n) is 10.5. The lowest BCUT2D eigenvalue weighted by Crippen LogP contribution is -2.65. The molecule has 0 radical (unpaired) electrons. The van der Waals surface area contributed by atoms with Crippen molar-refractivity contribution in [2.75, 3.05) is 0 Å². The van der Waals surface area contributed by atoms with E-state index in [4.69, 9.17) is 4.74 Å². The van der Waals surface area contributed by atoms with Crippen LogP contribution in [0.4, 0.5) is 22.0 Å². The van der Waals surface area contributed by atoms with Gasteiger partial charge in [-0.1, -0.05) is 50.6 Å². The van der Waals surface area contributed by atoms with Crippen LogP contribution in [0.2, 0.25) is 0 Å². The van der Waals surface area contributed by atoms with Gasteiger partial charge < -0.3 is 9.84 Å². The Balaban J connectivity index is 1.57. The summed E-state index contributed by atoms with van der Waals surface area (Å²) in [6.45, 7) is 7.01. The number of hydrogen-bond acceptors (Lipinski definition) is 4. The van der Waals surface area contributed by atoms with E-state index >= 15 is 8.78 Å². The summed E-state index contributed by atoms with van der Waals surface area (Å²) in [5.74, 6) is -6.73. The van der Waals surface area contributed by atoms with Gasteiger partial charge in [0.1, 0.15) is 11.7 Å². The van der Waals surface area contributed by atoms with Gasteiger partial charge in [0.2, 0.25) is 0 Å². The quantitative estimate of drug-likeness (QED) is 0.267. The van der Waals surface area contributed by atoms with Gasteiger partial charge in [-0.2, -0.15) is 22.0 Å². The summed E-state index contributed by atoms with van der Waals surface area (Å²) in [5.41, 5.74) is -0.484. The molecule has 6 atom stereocenters. The second kappa shape index (κ2) is 10.6. The lowest BCUT2D eigenvalue weighted by molar-refractivity contribution is -0.362. The number of rotatable bonds is 6. The zero-order chi connectivity index (χ0) is 30.8. The van der Waals surface area contributed by atoms with E-state index in [9.17, 15) is 27.9 Å². The summed E-state index contributed by atoms with van der Waals surface area (Å²) in [6.07, 6.45) is -3.16. The van der Waals surface area contributed by atoms with Crippen LogP contribution in [0, 0.1) is 23.2 Å². The number of carbonyl (C=O) groups is 2. The smallest absolute Gasteiger partial charge is 0.456 e. The fourth-order valence-corrected chi connectivity index (χ4v) is 8.36. The lowest BCUT2D eigenvalue weighted by Gasteiger charge is -2.56. The van der Waals surface area contributed by atoms with Crippen LogP contribution in [-0.2, 0) is 14.3 Å². The van der Waals surface area contributed by atoms with Crippen LogP contribution < -0.4 is 0 Å². The second-order valence-electron chi connectivity index (χ2n) is 13.4. The van der Waals surface area contributed by atoms with Gasteiger partial charge in [-0.25, -0.2) is 0 Å². The van der Waals surface area contributed by atoms with Gasteiger partial charge in [-0.15, -0.1) is 0 Å². The first-order valence-corrected chi connectivity index (χ1v) is 14.9. The van der Waals surface area contributed by atoms with Crippen molar-refractivity contribution < 1.29 is 41.4 Å². The highest BCUT2D eigenvalue weighted by Gasteiger charge is 2.79. The maximum Gasteiger partial charge on any atom is 0.456 e. The van der Waals surface area contributed by atoms with Crippen LogP contribution in [0.1, 0.15) is 102 Å². The molecule has 1 aromatic rings. The molecule has 1 N–H and O–H groups in total. The highest BCUT2D eigenvalue weighted by Crippen LogP contribution is 2.70. The van der Waals surface area contributed by atoms with Crippen molar-refractivity contribution in [3.8, 4) is 0 Å². The number of aliphatic hydroxyl groups is 1. The molecule has 5 rings (SSSR count). The van der Waals surface area contributed by atoms with Crippen LogP contribution >= 0.6 is 0 Å². The third-order valence-corrected chi connectivity index (χ3v) is 10.5. The molecule has 0 aromatic heterocycles. The Hall–Kier alpha value is -2.55. The number of esters is 1. The predicted octanol–water partition coefficient (Wildman–Crippen LogP) is 8.17. The van der Waals surface area contributed by atoms with E-state index in [2.05, 4.69) is 0 Å². The number of alkyl halides is 5. The summed E-state index contributed by atoms with van der Waals surface area (Å²) in [7, 11) is 0. The number of benzene rings is 1. The van der Waals surface area contributed by atoms with Crippen molar-refractivity contribution in [2.45, 2.75) is 109 Å². The molecule has 0 aliphatic heterocycles. The van der Waals surface area contributed by atoms with Gasteiger partial charge in [0.15, 0.2) is 5.78 Å². The molecular weight excluding hydrogens is 555 g/mol. The molecule has 230 valence electrons. The first-order valence-electron chi connectivity index (χ1n) is 14.9. The van der Waals surface area contributed by atoms with E-state index in [-0.39, 0.29) is 42.9 Å².